The van der Waals surface area contributed by atoms with Crippen molar-refractivity contribution < 1.29 is 10.2 Å². The van der Waals surface area contributed by atoms with Crippen molar-refractivity contribution in [1.82, 2.24) is 0 Å². The lowest BCUT2D eigenvalue weighted by molar-refractivity contribution is 0.0338. The van der Waals surface area contributed by atoms with E-state index < -0.39 is 12.2 Å². The first-order chi connectivity index (χ1) is 6.56. The molecule has 0 aromatic heterocycles. The highest BCUT2D eigenvalue weighted by Gasteiger charge is 2.19. The Kier molecular flexibility index (Phi) is 4.87. The molecule has 0 heterocycles. The Morgan fingerprint density at radius 1 is 1.36 bits per heavy atom. The van der Waals surface area contributed by atoms with E-state index in [1.54, 1.807) is 18.2 Å². The van der Waals surface area contributed by atoms with Gasteiger partial charge in [0.1, 0.15) is 6.10 Å². The van der Waals surface area contributed by atoms with Crippen LogP contribution in [0, 0.1) is 0 Å². The molecule has 2 nitrogen and oxygen atoms in total. The Balaban J connectivity index is 2.99. The Labute approximate surface area is 104 Å². The van der Waals surface area contributed by atoms with Crippen LogP contribution in [0.1, 0.15) is 11.7 Å². The van der Waals surface area contributed by atoms with Crippen LogP contribution in [-0.4, -0.2) is 21.6 Å². The average molecular weight is 344 g/mol. The summed E-state index contributed by atoms with van der Waals surface area (Å²) in [6.45, 7) is 0. The first-order valence-corrected chi connectivity index (χ1v) is 6.22. The molecule has 0 bridgehead atoms. The van der Waals surface area contributed by atoms with Crippen LogP contribution in [-0.2, 0) is 0 Å². The van der Waals surface area contributed by atoms with Crippen molar-refractivity contribution in [2.24, 2.45) is 0 Å². The number of hydrogen-bond donors (Lipinski definition) is 2. The maximum atomic E-state index is 9.73. The second-order valence-corrected chi connectivity index (χ2v) is 4.77. The van der Waals surface area contributed by atoms with Crippen LogP contribution < -0.4 is 0 Å². The first-order valence-electron chi connectivity index (χ1n) is 3.93. The molecule has 0 aliphatic rings. The van der Waals surface area contributed by atoms with Crippen molar-refractivity contribution in [3.8, 4) is 0 Å². The van der Waals surface area contributed by atoms with Crippen LogP contribution in [0.2, 0.25) is 5.02 Å². The largest absolute Gasteiger partial charge is 0.389 e. The zero-order chi connectivity index (χ0) is 10.7. The van der Waals surface area contributed by atoms with E-state index in [0.717, 1.165) is 4.47 Å². The number of benzene rings is 1. The van der Waals surface area contributed by atoms with Gasteiger partial charge in [-0.15, -0.1) is 0 Å². The third-order valence-corrected chi connectivity index (χ3v) is 3.42. The third kappa shape index (κ3) is 2.94. The zero-order valence-corrected chi connectivity index (χ0v) is 11.1. The fraction of sp³-hybridized carbons (Fsp3) is 0.333. The van der Waals surface area contributed by atoms with Gasteiger partial charge in [0.05, 0.1) is 6.10 Å². The number of alkyl halides is 1. The number of hydrogen-bond acceptors (Lipinski definition) is 2. The minimum Gasteiger partial charge on any atom is -0.389 e. The van der Waals surface area contributed by atoms with Gasteiger partial charge in [-0.05, 0) is 23.8 Å². The molecule has 2 atom stereocenters. The van der Waals surface area contributed by atoms with Crippen LogP contribution in [0.5, 0.6) is 0 Å². The predicted molar refractivity (Wildman–Crippen MR) is 63.9 cm³/mol. The lowest BCUT2D eigenvalue weighted by Crippen LogP contribution is -2.19. The monoisotopic (exact) mass is 342 g/mol. The maximum Gasteiger partial charge on any atom is 0.107 e. The summed E-state index contributed by atoms with van der Waals surface area (Å²) < 4.78 is 0.731. The van der Waals surface area contributed by atoms with E-state index in [4.69, 9.17) is 11.6 Å². The molecule has 0 aliphatic carbocycles. The summed E-state index contributed by atoms with van der Waals surface area (Å²) >= 11 is 12.2. The zero-order valence-electron chi connectivity index (χ0n) is 7.12. The van der Waals surface area contributed by atoms with Crippen molar-refractivity contribution in [3.05, 3.63) is 33.3 Å². The van der Waals surface area contributed by atoms with E-state index >= 15 is 0 Å². The maximum absolute atomic E-state index is 9.73. The van der Waals surface area contributed by atoms with Gasteiger partial charge in [0, 0.05) is 14.8 Å². The van der Waals surface area contributed by atoms with Gasteiger partial charge in [-0.1, -0.05) is 43.5 Å². The van der Waals surface area contributed by atoms with Gasteiger partial charge in [0.15, 0.2) is 0 Å². The molecule has 1 aromatic rings. The summed E-state index contributed by atoms with van der Waals surface area (Å²) in [4.78, 5) is 0. The first kappa shape index (κ1) is 12.5. The molecule has 14 heavy (non-hydrogen) atoms. The van der Waals surface area contributed by atoms with E-state index in [1.165, 1.54) is 0 Å². The molecular formula is C9H9Br2ClO2. The second-order valence-electron chi connectivity index (χ2n) is 2.83. The van der Waals surface area contributed by atoms with E-state index in [-0.39, 0.29) is 0 Å². The van der Waals surface area contributed by atoms with Gasteiger partial charge >= 0.3 is 0 Å². The lowest BCUT2D eigenvalue weighted by atomic mass is 10.1. The molecule has 2 unspecified atom stereocenters. The number of rotatable bonds is 3. The molecule has 78 valence electrons. The molecule has 0 radical (unpaired) electrons. The van der Waals surface area contributed by atoms with Gasteiger partial charge in [-0.3, -0.25) is 0 Å². The standard InChI is InChI=1S/C9H9Br2ClO2/c10-4-8(13)9(14)6-3-5(12)1-2-7(6)11/h1-3,8-9,13-14H,4H2. The van der Waals surface area contributed by atoms with E-state index in [0.29, 0.717) is 15.9 Å². The summed E-state index contributed by atoms with van der Waals surface area (Å²) in [6, 6.07) is 5.08. The highest BCUT2D eigenvalue weighted by Crippen LogP contribution is 2.28. The van der Waals surface area contributed by atoms with Crippen LogP contribution in [0.4, 0.5) is 0 Å². The number of aliphatic hydroxyl groups excluding tert-OH is 2. The molecule has 0 spiro atoms. The third-order valence-electron chi connectivity index (χ3n) is 1.80. The van der Waals surface area contributed by atoms with E-state index in [9.17, 15) is 10.2 Å². The summed E-state index contributed by atoms with van der Waals surface area (Å²) in [7, 11) is 0. The fourth-order valence-corrected chi connectivity index (χ4v) is 2.05. The average Bonchev–Trinajstić information content (AvgIpc) is 2.19. The molecule has 0 saturated heterocycles. The Bertz CT molecular complexity index is 320. The van der Waals surface area contributed by atoms with Gasteiger partial charge in [0.2, 0.25) is 0 Å². The number of aliphatic hydroxyl groups is 2. The molecule has 1 rings (SSSR count). The highest BCUT2D eigenvalue weighted by atomic mass is 79.9. The van der Waals surface area contributed by atoms with Crippen molar-refractivity contribution in [3.63, 3.8) is 0 Å². The van der Waals surface area contributed by atoms with Crippen molar-refractivity contribution in [1.29, 1.82) is 0 Å². The molecule has 0 fully saturated rings. The second kappa shape index (κ2) is 5.47. The molecule has 2 N–H and O–H groups in total. The van der Waals surface area contributed by atoms with Gasteiger partial charge in [-0.25, -0.2) is 0 Å². The SMILES string of the molecule is OC(CBr)C(O)c1cc(Cl)ccc1Br. The van der Waals surface area contributed by atoms with Gasteiger partial charge in [0.25, 0.3) is 0 Å². The Morgan fingerprint density at radius 3 is 2.57 bits per heavy atom. The van der Waals surface area contributed by atoms with Crippen molar-refractivity contribution in [2.45, 2.75) is 12.2 Å². The predicted octanol–water partition coefficient (Wildman–Crippen LogP) is 2.89. The quantitative estimate of drug-likeness (QED) is 0.828. The van der Waals surface area contributed by atoms with E-state index in [2.05, 4.69) is 31.9 Å². The Morgan fingerprint density at radius 2 is 2.00 bits per heavy atom. The minimum absolute atomic E-state index is 0.313. The van der Waals surface area contributed by atoms with Gasteiger partial charge in [-0.2, -0.15) is 0 Å². The van der Waals surface area contributed by atoms with Crippen LogP contribution >= 0.6 is 43.5 Å². The fourth-order valence-electron chi connectivity index (χ4n) is 1.03. The summed E-state index contributed by atoms with van der Waals surface area (Å²) in [5.41, 5.74) is 0.587. The van der Waals surface area contributed by atoms with Crippen LogP contribution in [0.25, 0.3) is 0 Å². The molecule has 5 heteroatoms. The van der Waals surface area contributed by atoms with Gasteiger partial charge < -0.3 is 10.2 Å². The molecular weight excluding hydrogens is 335 g/mol. The minimum atomic E-state index is -0.942. The topological polar surface area (TPSA) is 40.5 Å². The summed E-state index contributed by atoms with van der Waals surface area (Å²) in [6.07, 6.45) is -1.78. The normalized spacial score (nSPS) is 15.2. The van der Waals surface area contributed by atoms with E-state index in [1.807, 2.05) is 0 Å². The van der Waals surface area contributed by atoms with Crippen molar-refractivity contribution >= 4 is 43.5 Å². The number of halogens is 3. The highest BCUT2D eigenvalue weighted by molar-refractivity contribution is 9.10. The summed E-state index contributed by atoms with van der Waals surface area (Å²) in [5.74, 6) is 0. The smallest absolute Gasteiger partial charge is 0.107 e. The molecule has 0 saturated carbocycles. The lowest BCUT2D eigenvalue weighted by Gasteiger charge is -2.17. The molecule has 0 amide bonds. The summed E-state index contributed by atoms with van der Waals surface area (Å²) in [5, 5.41) is 20.0. The van der Waals surface area contributed by atoms with Crippen LogP contribution in [0.3, 0.4) is 0 Å². The van der Waals surface area contributed by atoms with Crippen LogP contribution in [0.15, 0.2) is 22.7 Å². The Hall–Kier alpha value is 0.390. The van der Waals surface area contributed by atoms with Crippen molar-refractivity contribution in [2.75, 3.05) is 5.33 Å². The molecule has 0 aliphatic heterocycles. The molecule has 1 aromatic carbocycles.